The van der Waals surface area contributed by atoms with Crippen LogP contribution in [0, 0.1) is 6.92 Å². The van der Waals surface area contributed by atoms with Crippen LogP contribution in [0.3, 0.4) is 0 Å². The molecule has 31 heavy (non-hydrogen) atoms. The number of amides is 1. The molecule has 0 spiro atoms. The van der Waals surface area contributed by atoms with E-state index in [0.717, 1.165) is 37.1 Å². The number of likely N-dealkylation sites (tertiary alicyclic amines) is 1. The van der Waals surface area contributed by atoms with Crippen LogP contribution in [0.4, 0.5) is 0 Å². The van der Waals surface area contributed by atoms with Gasteiger partial charge in [-0.3, -0.25) is 4.79 Å². The molecular formula is C21H19N5O3S2. The number of nitrogens with zero attached hydrogens (tertiary/aromatic N) is 5. The summed E-state index contributed by atoms with van der Waals surface area (Å²) < 4.78 is 5.51. The summed E-state index contributed by atoms with van der Waals surface area (Å²) >= 11 is 3.05. The smallest absolute Gasteiger partial charge is 0.260 e. The molecule has 1 N–H and O–H groups in total. The van der Waals surface area contributed by atoms with Gasteiger partial charge >= 0.3 is 0 Å². The lowest BCUT2D eigenvalue weighted by Gasteiger charge is -2.16. The molecular weight excluding hydrogens is 434 g/mol. The molecule has 0 unspecified atom stereocenters. The Kier molecular flexibility index (Phi) is 4.80. The zero-order valence-electron chi connectivity index (χ0n) is 17.1. The van der Waals surface area contributed by atoms with Crippen molar-refractivity contribution in [2.75, 3.05) is 19.8 Å². The Morgan fingerprint density at radius 1 is 1.29 bits per heavy atom. The van der Waals surface area contributed by atoms with E-state index >= 15 is 0 Å². The number of hydrogen-bond acceptors (Lipinski definition) is 9. The van der Waals surface area contributed by atoms with Gasteiger partial charge in [-0.1, -0.05) is 28.6 Å². The predicted octanol–water partition coefficient (Wildman–Crippen LogP) is 3.49. The molecule has 1 aliphatic rings. The summed E-state index contributed by atoms with van der Waals surface area (Å²) in [6.07, 6.45) is 3.81. The maximum Gasteiger partial charge on any atom is 0.260 e. The van der Waals surface area contributed by atoms with Gasteiger partial charge in [0.25, 0.3) is 5.91 Å². The molecule has 0 saturated carbocycles. The van der Waals surface area contributed by atoms with Gasteiger partial charge in [0.1, 0.15) is 32.4 Å². The van der Waals surface area contributed by atoms with Crippen molar-refractivity contribution >= 4 is 39.4 Å². The number of thiazole rings is 1. The highest BCUT2D eigenvalue weighted by Gasteiger charge is 2.47. The second-order valence-electron chi connectivity index (χ2n) is 7.50. The van der Waals surface area contributed by atoms with Crippen molar-refractivity contribution in [3.8, 4) is 21.9 Å². The molecule has 0 aliphatic carbocycles. The van der Waals surface area contributed by atoms with Crippen molar-refractivity contribution in [2.45, 2.75) is 24.0 Å². The molecule has 1 aromatic carbocycles. The number of fused-ring (bicyclic) bond motifs is 1. The molecule has 10 heteroatoms. The molecule has 1 aliphatic heterocycles. The van der Waals surface area contributed by atoms with Crippen molar-refractivity contribution in [1.82, 2.24) is 25.0 Å². The SMILES string of the molecule is CSc1ncnc2sc(-c3cc(-c4cc([C@]5(O)CCN(C)C5=O)no4)ccc3C)nc12. The second-order valence-corrected chi connectivity index (χ2v) is 9.27. The second kappa shape index (κ2) is 7.40. The first kappa shape index (κ1) is 20.1. The van der Waals surface area contributed by atoms with Crippen LogP contribution in [0.2, 0.25) is 0 Å². The highest BCUT2D eigenvalue weighted by Crippen LogP contribution is 2.38. The monoisotopic (exact) mass is 453 g/mol. The number of aliphatic hydroxyl groups is 1. The summed E-state index contributed by atoms with van der Waals surface area (Å²) in [6, 6.07) is 7.54. The van der Waals surface area contributed by atoms with Crippen LogP contribution in [0.1, 0.15) is 17.7 Å². The molecule has 1 amide bonds. The van der Waals surface area contributed by atoms with Crippen molar-refractivity contribution in [1.29, 1.82) is 0 Å². The van der Waals surface area contributed by atoms with Gasteiger partial charge in [0.2, 0.25) is 0 Å². The number of aryl methyl sites for hydroxylation is 1. The van der Waals surface area contributed by atoms with Crippen LogP contribution < -0.4 is 0 Å². The highest BCUT2D eigenvalue weighted by atomic mass is 32.2. The number of rotatable bonds is 4. The third-order valence-corrected chi connectivity index (χ3v) is 7.23. The van der Waals surface area contributed by atoms with Crippen LogP contribution in [-0.2, 0) is 10.4 Å². The average molecular weight is 454 g/mol. The molecule has 5 rings (SSSR count). The molecule has 3 aromatic heterocycles. The van der Waals surface area contributed by atoms with Crippen molar-refractivity contribution < 1.29 is 14.4 Å². The van der Waals surface area contributed by atoms with Gasteiger partial charge in [-0.05, 0) is 24.8 Å². The number of carbonyl (C=O) groups excluding carboxylic acids is 1. The normalized spacial score (nSPS) is 19.0. The van der Waals surface area contributed by atoms with Crippen molar-refractivity contribution in [2.24, 2.45) is 0 Å². The molecule has 1 saturated heterocycles. The molecule has 0 radical (unpaired) electrons. The van der Waals surface area contributed by atoms with E-state index in [9.17, 15) is 9.90 Å². The fourth-order valence-electron chi connectivity index (χ4n) is 3.70. The van der Waals surface area contributed by atoms with Gasteiger partial charge in [-0.15, -0.1) is 11.8 Å². The lowest BCUT2D eigenvalue weighted by molar-refractivity contribution is -0.143. The summed E-state index contributed by atoms with van der Waals surface area (Å²) in [7, 11) is 1.67. The number of thioether (sulfide) groups is 1. The van der Waals surface area contributed by atoms with E-state index in [0.29, 0.717) is 12.3 Å². The zero-order valence-corrected chi connectivity index (χ0v) is 18.8. The summed E-state index contributed by atoms with van der Waals surface area (Å²) in [5, 5.41) is 16.5. The molecule has 1 atom stereocenters. The maximum atomic E-state index is 12.4. The minimum atomic E-state index is -1.63. The van der Waals surface area contributed by atoms with Crippen LogP contribution >= 0.6 is 23.1 Å². The van der Waals surface area contributed by atoms with Crippen LogP contribution in [0.25, 0.3) is 32.2 Å². The van der Waals surface area contributed by atoms with E-state index in [4.69, 9.17) is 9.51 Å². The first-order valence-corrected chi connectivity index (χ1v) is 11.7. The van der Waals surface area contributed by atoms with Crippen molar-refractivity contribution in [3.63, 3.8) is 0 Å². The van der Waals surface area contributed by atoms with Gasteiger partial charge in [0.05, 0.1) is 0 Å². The van der Waals surface area contributed by atoms with Gasteiger partial charge in [-0.2, -0.15) is 0 Å². The Balaban J connectivity index is 1.55. The molecule has 1 fully saturated rings. The van der Waals surface area contributed by atoms with Crippen LogP contribution in [0.5, 0.6) is 0 Å². The lowest BCUT2D eigenvalue weighted by Crippen LogP contribution is -2.36. The third kappa shape index (κ3) is 3.22. The summed E-state index contributed by atoms with van der Waals surface area (Å²) in [6.45, 7) is 2.50. The Bertz CT molecular complexity index is 1320. The lowest BCUT2D eigenvalue weighted by atomic mass is 9.97. The Morgan fingerprint density at radius 3 is 2.87 bits per heavy atom. The van der Waals surface area contributed by atoms with Gasteiger partial charge in [-0.25, -0.2) is 15.0 Å². The average Bonchev–Trinajstić information content (AvgIpc) is 3.49. The summed E-state index contributed by atoms with van der Waals surface area (Å²) in [5.74, 6) is 0.120. The first-order valence-electron chi connectivity index (χ1n) is 9.63. The molecule has 158 valence electrons. The van der Waals surface area contributed by atoms with E-state index in [1.54, 1.807) is 31.2 Å². The topological polar surface area (TPSA) is 105 Å². The highest BCUT2D eigenvalue weighted by molar-refractivity contribution is 7.98. The molecule has 4 heterocycles. The van der Waals surface area contributed by atoms with Crippen LogP contribution in [0.15, 0.2) is 40.1 Å². The first-order chi connectivity index (χ1) is 14.9. The Labute approximate surface area is 186 Å². The van der Waals surface area contributed by atoms with Gasteiger partial charge < -0.3 is 14.5 Å². The van der Waals surface area contributed by atoms with Crippen LogP contribution in [-0.4, -0.2) is 55.9 Å². The number of aromatic nitrogens is 4. The molecule has 0 bridgehead atoms. The fourth-order valence-corrected chi connectivity index (χ4v) is 5.24. The molecule has 4 aromatic rings. The molecule has 8 nitrogen and oxygen atoms in total. The number of benzene rings is 1. The van der Waals surface area contributed by atoms with E-state index < -0.39 is 5.60 Å². The van der Waals surface area contributed by atoms with E-state index in [-0.39, 0.29) is 18.0 Å². The van der Waals surface area contributed by atoms with Crippen molar-refractivity contribution in [3.05, 3.63) is 41.9 Å². The van der Waals surface area contributed by atoms with E-state index in [2.05, 4.69) is 15.1 Å². The Morgan fingerprint density at radius 2 is 2.13 bits per heavy atom. The number of hydrogen-bond donors (Lipinski definition) is 1. The minimum absolute atomic E-state index is 0.235. The quantitative estimate of drug-likeness (QED) is 0.370. The Hall–Kier alpha value is -2.82. The van der Waals surface area contributed by atoms with E-state index in [1.165, 1.54) is 16.2 Å². The van der Waals surface area contributed by atoms with Gasteiger partial charge in [0, 0.05) is 37.2 Å². The van der Waals surface area contributed by atoms with E-state index in [1.807, 2.05) is 31.4 Å². The standard InChI is InChI=1S/C21H19N5O3S2/c1-11-4-5-12(14-9-15(25-29-14)21(28)6-7-26(2)20(21)27)8-13(11)17-24-16-18(30-3)22-10-23-19(16)31-17/h4-5,8-10,28H,6-7H2,1-3H3/t21-/m1/s1. The largest absolute Gasteiger partial charge is 0.374 e. The summed E-state index contributed by atoms with van der Waals surface area (Å²) in [5.41, 5.74) is 2.21. The van der Waals surface area contributed by atoms with Gasteiger partial charge in [0.15, 0.2) is 11.4 Å². The zero-order chi connectivity index (χ0) is 21.8. The third-order valence-electron chi connectivity index (χ3n) is 5.55. The number of carbonyl (C=O) groups is 1. The fraction of sp³-hybridized carbons (Fsp3) is 0.286. The predicted molar refractivity (Wildman–Crippen MR) is 119 cm³/mol. The summed E-state index contributed by atoms with van der Waals surface area (Å²) in [4.78, 5) is 28.1. The maximum absolute atomic E-state index is 12.4. The number of likely N-dealkylation sites (N-methyl/N-ethyl adjacent to an activating group) is 1. The minimum Gasteiger partial charge on any atom is -0.374 e.